The molecule has 0 saturated carbocycles. The van der Waals surface area contributed by atoms with Crippen LogP contribution in [0, 0.1) is 0 Å². The van der Waals surface area contributed by atoms with E-state index in [9.17, 15) is 8.42 Å². The highest BCUT2D eigenvalue weighted by Gasteiger charge is 2.51. The third-order valence-electron chi connectivity index (χ3n) is 4.04. The lowest BCUT2D eigenvalue weighted by Gasteiger charge is -2.32. The lowest BCUT2D eigenvalue weighted by molar-refractivity contribution is 0.00578. The summed E-state index contributed by atoms with van der Waals surface area (Å²) in [7, 11) is -1.19. The maximum absolute atomic E-state index is 12.2. The van der Waals surface area contributed by atoms with Crippen LogP contribution in [0.5, 0.6) is 0 Å². The van der Waals surface area contributed by atoms with Crippen LogP contribution in [-0.2, 0) is 19.3 Å². The van der Waals surface area contributed by atoms with Crippen molar-refractivity contribution in [3.05, 3.63) is 18.5 Å². The van der Waals surface area contributed by atoms with Crippen molar-refractivity contribution in [3.8, 4) is 0 Å². The predicted octanol–water partition coefficient (Wildman–Crippen LogP) is 0.631. The van der Waals surface area contributed by atoms with Gasteiger partial charge in [0, 0.05) is 32.0 Å². The number of hydrogen-bond acceptors (Lipinski definition) is 5. The highest BCUT2D eigenvalue weighted by molar-refractivity contribution is 7.89. The molecule has 2 heterocycles. The zero-order chi connectivity index (χ0) is 16.1. The van der Waals surface area contributed by atoms with Gasteiger partial charge in [-0.3, -0.25) is 4.98 Å². The van der Waals surface area contributed by atoms with Gasteiger partial charge in [-0.2, -0.15) is 0 Å². The number of hydrogen-bond donors (Lipinski definition) is 0. The van der Waals surface area contributed by atoms with Crippen molar-refractivity contribution in [2.24, 2.45) is 0 Å². The first-order chi connectivity index (χ1) is 9.47. The predicted molar refractivity (Wildman–Crippen MR) is 80.8 cm³/mol. The second-order valence-electron chi connectivity index (χ2n) is 6.33. The van der Waals surface area contributed by atoms with Gasteiger partial charge < -0.3 is 9.31 Å². The molecule has 1 fully saturated rings. The second kappa shape index (κ2) is 5.05. The second-order valence-corrected chi connectivity index (χ2v) is 8.48. The zero-order valence-corrected chi connectivity index (χ0v) is 14.1. The van der Waals surface area contributed by atoms with Gasteiger partial charge >= 0.3 is 7.12 Å². The summed E-state index contributed by atoms with van der Waals surface area (Å²) in [5.74, 6) is 0. The molecule has 0 amide bonds. The molecule has 1 aliphatic heterocycles. The van der Waals surface area contributed by atoms with Crippen LogP contribution in [0.25, 0.3) is 0 Å². The average molecular weight is 312 g/mol. The molecule has 2 rings (SSSR count). The molecule has 1 aromatic rings. The molecule has 0 radical (unpaired) electrons. The summed E-state index contributed by atoms with van der Waals surface area (Å²) in [6.07, 6.45) is 2.89. The molecule has 1 aliphatic rings. The van der Waals surface area contributed by atoms with E-state index < -0.39 is 28.3 Å². The van der Waals surface area contributed by atoms with E-state index in [1.54, 1.807) is 12.3 Å². The highest BCUT2D eigenvalue weighted by atomic mass is 32.2. The Morgan fingerprint density at radius 3 is 2.10 bits per heavy atom. The smallest absolute Gasteiger partial charge is 0.399 e. The minimum Gasteiger partial charge on any atom is -0.399 e. The maximum atomic E-state index is 12.2. The van der Waals surface area contributed by atoms with Gasteiger partial charge in [-0.05, 0) is 33.8 Å². The van der Waals surface area contributed by atoms with Crippen LogP contribution in [-0.4, -0.2) is 50.1 Å². The van der Waals surface area contributed by atoms with Crippen LogP contribution in [0.2, 0.25) is 0 Å². The van der Waals surface area contributed by atoms with Crippen LogP contribution in [0.1, 0.15) is 27.7 Å². The Hall–Kier alpha value is -0.955. The fourth-order valence-corrected chi connectivity index (χ4v) is 2.80. The normalized spacial score (nSPS) is 21.0. The Balaban J connectivity index is 2.37. The number of rotatable bonds is 3. The van der Waals surface area contributed by atoms with Gasteiger partial charge in [-0.25, -0.2) is 12.7 Å². The van der Waals surface area contributed by atoms with Crippen molar-refractivity contribution in [1.82, 2.24) is 9.29 Å². The first kappa shape index (κ1) is 16.4. The van der Waals surface area contributed by atoms with Crippen LogP contribution >= 0.6 is 0 Å². The third-order valence-corrected chi connectivity index (χ3v) is 5.82. The summed E-state index contributed by atoms with van der Waals surface area (Å²) >= 11 is 0. The summed E-state index contributed by atoms with van der Waals surface area (Å²) in [5.41, 5.74) is -0.362. The van der Waals surface area contributed by atoms with E-state index >= 15 is 0 Å². The molecule has 1 saturated heterocycles. The number of aromatic nitrogens is 1. The quantitative estimate of drug-likeness (QED) is 0.766. The molecular formula is C13H21BN2O4S. The van der Waals surface area contributed by atoms with E-state index in [1.807, 2.05) is 27.7 Å². The fraction of sp³-hybridized carbons (Fsp3) is 0.615. The SMILES string of the molecule is CN(C)S(=O)(=O)c1cncc(B2OC(C)(C)C(C)(C)O2)c1. The van der Waals surface area contributed by atoms with E-state index in [1.165, 1.54) is 20.3 Å². The number of pyridine rings is 1. The monoisotopic (exact) mass is 312 g/mol. The Labute approximate surface area is 126 Å². The summed E-state index contributed by atoms with van der Waals surface area (Å²) < 4.78 is 37.3. The van der Waals surface area contributed by atoms with Crippen LogP contribution in [0.3, 0.4) is 0 Å². The van der Waals surface area contributed by atoms with Crippen molar-refractivity contribution >= 4 is 22.6 Å². The largest absolute Gasteiger partial charge is 0.496 e. The molecule has 0 N–H and O–H groups in total. The molecule has 8 heteroatoms. The van der Waals surface area contributed by atoms with Crippen molar-refractivity contribution in [3.63, 3.8) is 0 Å². The molecule has 0 aliphatic carbocycles. The molecule has 0 spiro atoms. The molecule has 116 valence electrons. The topological polar surface area (TPSA) is 68.7 Å². The van der Waals surface area contributed by atoms with Gasteiger partial charge in [0.25, 0.3) is 0 Å². The van der Waals surface area contributed by atoms with Crippen molar-refractivity contribution in [2.75, 3.05) is 14.1 Å². The van der Waals surface area contributed by atoms with Crippen molar-refractivity contribution in [2.45, 2.75) is 43.8 Å². The Kier molecular flexibility index (Phi) is 3.95. The lowest BCUT2D eigenvalue weighted by Crippen LogP contribution is -2.41. The summed E-state index contributed by atoms with van der Waals surface area (Å²) in [4.78, 5) is 4.13. The Bertz CT molecular complexity index is 627. The maximum Gasteiger partial charge on any atom is 0.496 e. The van der Waals surface area contributed by atoms with Crippen LogP contribution in [0.4, 0.5) is 0 Å². The minimum atomic E-state index is -3.53. The summed E-state index contributed by atoms with van der Waals surface area (Å²) in [6, 6.07) is 1.55. The molecule has 6 nitrogen and oxygen atoms in total. The Morgan fingerprint density at radius 2 is 1.62 bits per heavy atom. The van der Waals surface area contributed by atoms with Gasteiger partial charge in [0.15, 0.2) is 0 Å². The highest BCUT2D eigenvalue weighted by Crippen LogP contribution is 2.36. The van der Waals surface area contributed by atoms with Gasteiger partial charge in [0.2, 0.25) is 10.0 Å². The van der Waals surface area contributed by atoms with Gasteiger partial charge in [-0.1, -0.05) is 0 Å². The molecule has 1 aromatic heterocycles. The van der Waals surface area contributed by atoms with Crippen molar-refractivity contribution < 1.29 is 17.7 Å². The molecule has 0 aromatic carbocycles. The molecule has 21 heavy (non-hydrogen) atoms. The molecular weight excluding hydrogens is 291 g/mol. The first-order valence-electron chi connectivity index (χ1n) is 6.70. The van der Waals surface area contributed by atoms with E-state index in [0.717, 1.165) is 4.31 Å². The number of sulfonamides is 1. The summed E-state index contributed by atoms with van der Waals surface area (Å²) in [5, 5.41) is 0. The van der Waals surface area contributed by atoms with E-state index in [2.05, 4.69) is 4.98 Å². The number of nitrogens with zero attached hydrogens (tertiary/aromatic N) is 2. The third kappa shape index (κ3) is 2.85. The Morgan fingerprint density at radius 1 is 1.10 bits per heavy atom. The molecule has 0 bridgehead atoms. The van der Waals surface area contributed by atoms with Crippen LogP contribution < -0.4 is 5.46 Å². The van der Waals surface area contributed by atoms with Crippen LogP contribution in [0.15, 0.2) is 23.4 Å². The zero-order valence-electron chi connectivity index (χ0n) is 13.2. The van der Waals surface area contributed by atoms with E-state index in [4.69, 9.17) is 9.31 Å². The van der Waals surface area contributed by atoms with E-state index in [-0.39, 0.29) is 4.90 Å². The van der Waals surface area contributed by atoms with E-state index in [0.29, 0.717) is 5.46 Å². The average Bonchev–Trinajstić information content (AvgIpc) is 2.58. The molecule has 0 atom stereocenters. The first-order valence-corrected chi connectivity index (χ1v) is 8.14. The lowest BCUT2D eigenvalue weighted by atomic mass is 9.80. The fourth-order valence-electron chi connectivity index (χ4n) is 1.90. The summed E-state index contributed by atoms with van der Waals surface area (Å²) in [6.45, 7) is 7.78. The van der Waals surface area contributed by atoms with Gasteiger partial charge in [-0.15, -0.1) is 0 Å². The van der Waals surface area contributed by atoms with Gasteiger partial charge in [0.05, 0.1) is 11.2 Å². The minimum absolute atomic E-state index is 0.125. The van der Waals surface area contributed by atoms with Gasteiger partial charge in [0.1, 0.15) is 4.90 Å². The van der Waals surface area contributed by atoms with Crippen molar-refractivity contribution in [1.29, 1.82) is 0 Å². The standard InChI is InChI=1S/C13H21BN2O4S/c1-12(2)13(3,4)20-14(19-12)10-7-11(9-15-8-10)21(17,18)16(5)6/h7-9H,1-6H3. The molecule has 0 unspecified atom stereocenters.